The summed E-state index contributed by atoms with van der Waals surface area (Å²) in [7, 11) is 0. The van der Waals surface area contributed by atoms with Gasteiger partial charge >= 0.3 is 0 Å². The predicted octanol–water partition coefficient (Wildman–Crippen LogP) is 1.57. The second kappa shape index (κ2) is 8.44. The number of carbonyl (C=O) groups excluding carboxylic acids is 2. The van der Waals surface area contributed by atoms with E-state index in [1.165, 1.54) is 0 Å². The number of benzene rings is 1. The molecule has 1 aliphatic rings. The van der Waals surface area contributed by atoms with Crippen molar-refractivity contribution in [2.75, 3.05) is 38.0 Å². The number of hydrogen-bond acceptors (Lipinski definition) is 6. The van der Waals surface area contributed by atoms with E-state index < -0.39 is 0 Å². The van der Waals surface area contributed by atoms with E-state index in [1.807, 2.05) is 34.1 Å². The Morgan fingerprint density at radius 3 is 2.72 bits per heavy atom. The van der Waals surface area contributed by atoms with Crippen LogP contribution in [0.3, 0.4) is 0 Å². The van der Waals surface area contributed by atoms with Gasteiger partial charge in [0.2, 0.25) is 11.8 Å². The summed E-state index contributed by atoms with van der Waals surface area (Å²) < 4.78 is 4.94. The molecule has 2 amide bonds. The number of anilines is 1. The Kier molecular flexibility index (Phi) is 5.57. The van der Waals surface area contributed by atoms with Crippen molar-refractivity contribution in [1.82, 2.24) is 24.9 Å². The number of aromatic nitrogens is 3. The molecule has 0 unspecified atom stereocenters. The van der Waals surface area contributed by atoms with Gasteiger partial charge in [-0.3, -0.25) is 14.5 Å². The van der Waals surface area contributed by atoms with E-state index in [1.54, 1.807) is 13.0 Å². The smallest absolute Gasteiger partial charge is 0.239 e. The van der Waals surface area contributed by atoms with Crippen molar-refractivity contribution in [3.05, 3.63) is 41.9 Å². The molecule has 0 bridgehead atoms. The van der Waals surface area contributed by atoms with Crippen LogP contribution in [0.15, 0.2) is 34.9 Å². The third-order valence-corrected chi connectivity index (χ3v) is 5.00. The normalized spacial score (nSPS) is 15.0. The van der Waals surface area contributed by atoms with Crippen molar-refractivity contribution in [1.29, 1.82) is 0 Å². The van der Waals surface area contributed by atoms with Crippen LogP contribution in [-0.4, -0.2) is 69.5 Å². The molecule has 3 heterocycles. The van der Waals surface area contributed by atoms with Crippen molar-refractivity contribution < 1.29 is 14.1 Å². The van der Waals surface area contributed by atoms with E-state index in [0.29, 0.717) is 50.6 Å². The Morgan fingerprint density at radius 2 is 2.00 bits per heavy atom. The van der Waals surface area contributed by atoms with Gasteiger partial charge in [0.1, 0.15) is 11.6 Å². The minimum atomic E-state index is -0.136. The molecule has 0 spiro atoms. The van der Waals surface area contributed by atoms with E-state index in [4.69, 9.17) is 4.52 Å². The molecule has 0 radical (unpaired) electrons. The number of rotatable bonds is 6. The van der Waals surface area contributed by atoms with Crippen LogP contribution in [0.1, 0.15) is 18.0 Å². The number of aryl methyl sites for hydroxylation is 2. The van der Waals surface area contributed by atoms with Gasteiger partial charge in [-0.25, -0.2) is 4.98 Å². The second-order valence-electron chi connectivity index (χ2n) is 7.23. The first-order chi connectivity index (χ1) is 14.1. The number of hydrogen-bond donors (Lipinski definition) is 2. The van der Waals surface area contributed by atoms with Crippen molar-refractivity contribution in [2.24, 2.45) is 0 Å². The van der Waals surface area contributed by atoms with Gasteiger partial charge in [-0.05, 0) is 19.1 Å². The topological polar surface area (TPSA) is 107 Å². The van der Waals surface area contributed by atoms with Gasteiger partial charge in [0, 0.05) is 45.1 Å². The zero-order chi connectivity index (χ0) is 20.2. The van der Waals surface area contributed by atoms with Crippen LogP contribution >= 0.6 is 0 Å². The molecule has 0 atom stereocenters. The Morgan fingerprint density at radius 1 is 1.21 bits per heavy atom. The molecule has 152 valence electrons. The van der Waals surface area contributed by atoms with Crippen LogP contribution in [-0.2, 0) is 16.0 Å². The van der Waals surface area contributed by atoms with Crippen molar-refractivity contribution in [3.63, 3.8) is 0 Å². The van der Waals surface area contributed by atoms with Crippen LogP contribution in [0.25, 0.3) is 11.0 Å². The summed E-state index contributed by atoms with van der Waals surface area (Å²) in [5, 5.41) is 6.47. The summed E-state index contributed by atoms with van der Waals surface area (Å²) in [6, 6.07) is 9.52. The SMILES string of the molecule is Cc1cc(NC(=O)CN2CCN(C(=O)CCc3nc4ccccc4[nH]3)CC2)no1. The zero-order valence-electron chi connectivity index (χ0n) is 16.4. The maximum Gasteiger partial charge on any atom is 0.239 e. The molecule has 1 aliphatic heterocycles. The summed E-state index contributed by atoms with van der Waals surface area (Å²) in [6.45, 7) is 4.62. The van der Waals surface area contributed by atoms with Crippen LogP contribution < -0.4 is 5.32 Å². The molecule has 29 heavy (non-hydrogen) atoms. The lowest BCUT2D eigenvalue weighted by Gasteiger charge is -2.34. The van der Waals surface area contributed by atoms with Crippen molar-refractivity contribution in [2.45, 2.75) is 19.8 Å². The molecule has 1 saturated heterocycles. The standard InChI is InChI=1S/C20H24N6O3/c1-14-12-18(24-29-14)23-19(27)13-25-8-10-26(11-9-25)20(28)7-6-17-21-15-4-2-3-5-16(15)22-17/h2-5,12H,6-11,13H2,1H3,(H,21,22)(H,23,24,27). The van der Waals surface area contributed by atoms with Crippen LogP contribution in [0, 0.1) is 6.92 Å². The van der Waals surface area contributed by atoms with Crippen LogP contribution in [0.2, 0.25) is 0 Å². The number of nitrogens with zero attached hydrogens (tertiary/aromatic N) is 4. The van der Waals surface area contributed by atoms with Crippen LogP contribution in [0.4, 0.5) is 5.82 Å². The lowest BCUT2D eigenvalue weighted by Crippen LogP contribution is -2.50. The Labute approximate surface area is 168 Å². The number of imidazole rings is 1. The van der Waals surface area contributed by atoms with Gasteiger partial charge in [0.25, 0.3) is 0 Å². The third kappa shape index (κ3) is 4.80. The number of amides is 2. The largest absolute Gasteiger partial charge is 0.360 e. The molecular formula is C20H24N6O3. The summed E-state index contributed by atoms with van der Waals surface area (Å²) in [4.78, 5) is 36.3. The van der Waals surface area contributed by atoms with Gasteiger partial charge in [-0.1, -0.05) is 17.3 Å². The average Bonchev–Trinajstić information content (AvgIpc) is 3.32. The molecule has 9 nitrogen and oxygen atoms in total. The first-order valence-corrected chi connectivity index (χ1v) is 9.74. The summed E-state index contributed by atoms with van der Waals surface area (Å²) >= 11 is 0. The van der Waals surface area contributed by atoms with Gasteiger partial charge in [-0.15, -0.1) is 0 Å². The van der Waals surface area contributed by atoms with E-state index in [9.17, 15) is 9.59 Å². The fourth-order valence-electron chi connectivity index (χ4n) is 3.47. The highest BCUT2D eigenvalue weighted by molar-refractivity contribution is 5.91. The highest BCUT2D eigenvalue weighted by atomic mass is 16.5. The quantitative estimate of drug-likeness (QED) is 0.655. The molecule has 1 aromatic carbocycles. The molecule has 1 fully saturated rings. The lowest BCUT2D eigenvalue weighted by atomic mass is 10.2. The number of para-hydroxylation sites is 2. The van der Waals surface area contributed by atoms with Gasteiger partial charge < -0.3 is 19.7 Å². The first kappa shape index (κ1) is 19.1. The molecule has 0 aliphatic carbocycles. The van der Waals surface area contributed by atoms with Gasteiger partial charge in [-0.2, -0.15) is 0 Å². The maximum absolute atomic E-state index is 12.5. The van der Waals surface area contributed by atoms with Gasteiger partial charge in [0.15, 0.2) is 5.82 Å². The highest BCUT2D eigenvalue weighted by Gasteiger charge is 2.22. The average molecular weight is 396 g/mol. The van der Waals surface area contributed by atoms with E-state index in [2.05, 4.69) is 20.4 Å². The molecular weight excluding hydrogens is 372 g/mol. The highest BCUT2D eigenvalue weighted by Crippen LogP contribution is 2.13. The molecule has 2 aromatic heterocycles. The van der Waals surface area contributed by atoms with Crippen molar-refractivity contribution >= 4 is 28.7 Å². The summed E-state index contributed by atoms with van der Waals surface area (Å²) in [5.41, 5.74) is 1.91. The summed E-state index contributed by atoms with van der Waals surface area (Å²) in [5.74, 6) is 1.88. The Bertz CT molecular complexity index is 969. The fraction of sp³-hybridized carbons (Fsp3) is 0.400. The maximum atomic E-state index is 12.5. The molecule has 0 saturated carbocycles. The minimum absolute atomic E-state index is 0.118. The monoisotopic (exact) mass is 396 g/mol. The number of piperazine rings is 1. The number of nitrogens with one attached hydrogen (secondary N) is 2. The number of fused-ring (bicyclic) bond motifs is 1. The lowest BCUT2D eigenvalue weighted by molar-refractivity contribution is -0.133. The van der Waals surface area contributed by atoms with Gasteiger partial charge in [0.05, 0.1) is 17.6 Å². The first-order valence-electron chi connectivity index (χ1n) is 9.74. The zero-order valence-corrected chi connectivity index (χ0v) is 16.4. The Hall–Kier alpha value is -3.20. The molecule has 3 aromatic rings. The Balaban J connectivity index is 1.20. The number of aromatic amines is 1. The van der Waals surface area contributed by atoms with Crippen LogP contribution in [0.5, 0.6) is 0 Å². The second-order valence-corrected chi connectivity index (χ2v) is 7.23. The fourth-order valence-corrected chi connectivity index (χ4v) is 3.47. The van der Waals surface area contributed by atoms with Crippen molar-refractivity contribution in [3.8, 4) is 0 Å². The predicted molar refractivity (Wildman–Crippen MR) is 107 cm³/mol. The summed E-state index contributed by atoms with van der Waals surface area (Å²) in [6.07, 6.45) is 1.01. The third-order valence-electron chi connectivity index (χ3n) is 5.00. The number of H-pyrrole nitrogens is 1. The molecule has 9 heteroatoms. The van der Waals surface area contributed by atoms with E-state index in [-0.39, 0.29) is 18.4 Å². The molecule has 4 rings (SSSR count). The van der Waals surface area contributed by atoms with E-state index >= 15 is 0 Å². The number of carbonyl (C=O) groups is 2. The minimum Gasteiger partial charge on any atom is -0.360 e. The van der Waals surface area contributed by atoms with E-state index in [0.717, 1.165) is 16.9 Å². The molecule has 2 N–H and O–H groups in total.